The minimum atomic E-state index is -0.551. The molecule has 17 heavy (non-hydrogen) atoms. The van der Waals surface area contributed by atoms with Crippen molar-refractivity contribution in [1.29, 1.82) is 5.26 Å². The number of nitrogens with one attached hydrogen (secondary N) is 1. The zero-order chi connectivity index (χ0) is 12.7. The molecule has 1 aromatic carbocycles. The first-order valence-corrected chi connectivity index (χ1v) is 5.56. The van der Waals surface area contributed by atoms with Crippen molar-refractivity contribution in [2.24, 2.45) is 0 Å². The Morgan fingerprint density at radius 1 is 1.53 bits per heavy atom. The van der Waals surface area contributed by atoms with Crippen LogP contribution in [0.1, 0.15) is 18.9 Å². The van der Waals surface area contributed by atoms with E-state index in [-0.39, 0.29) is 12.5 Å². The number of carbonyl (C=O) groups is 1. The van der Waals surface area contributed by atoms with Crippen molar-refractivity contribution in [1.82, 2.24) is 5.32 Å². The molecule has 0 spiro atoms. The molecule has 1 amide bonds. The van der Waals surface area contributed by atoms with Crippen LogP contribution in [0.4, 0.5) is 0 Å². The lowest BCUT2D eigenvalue weighted by atomic mass is 10.2. The Balaban J connectivity index is 2.67. The van der Waals surface area contributed by atoms with Crippen molar-refractivity contribution >= 4 is 5.91 Å². The van der Waals surface area contributed by atoms with E-state index < -0.39 is 6.10 Å². The van der Waals surface area contributed by atoms with Crippen LogP contribution >= 0.6 is 0 Å². The third-order valence-electron chi connectivity index (χ3n) is 2.37. The van der Waals surface area contributed by atoms with Gasteiger partial charge in [-0.1, -0.05) is 25.1 Å². The Kier molecular flexibility index (Phi) is 5.02. The van der Waals surface area contributed by atoms with Gasteiger partial charge in [-0.05, 0) is 25.0 Å². The van der Waals surface area contributed by atoms with E-state index >= 15 is 0 Å². The van der Waals surface area contributed by atoms with Crippen molar-refractivity contribution < 1.29 is 9.53 Å². The van der Waals surface area contributed by atoms with Crippen LogP contribution in [0.3, 0.4) is 0 Å². The van der Waals surface area contributed by atoms with Gasteiger partial charge in [0.15, 0.2) is 6.10 Å². The van der Waals surface area contributed by atoms with Crippen LogP contribution in [-0.2, 0) is 4.79 Å². The molecule has 90 valence electrons. The number of ether oxygens (including phenoxy) is 1. The molecule has 0 aromatic heterocycles. The van der Waals surface area contributed by atoms with Crippen molar-refractivity contribution in [2.45, 2.75) is 26.4 Å². The molecule has 1 aromatic rings. The molecule has 4 nitrogen and oxygen atoms in total. The number of para-hydroxylation sites is 1. The Hall–Kier alpha value is -2.02. The summed E-state index contributed by atoms with van der Waals surface area (Å²) in [5.74, 6) is 0.448. The number of benzene rings is 1. The largest absolute Gasteiger partial charge is 0.480 e. The summed E-state index contributed by atoms with van der Waals surface area (Å²) >= 11 is 0. The zero-order valence-corrected chi connectivity index (χ0v) is 10.1. The quantitative estimate of drug-likeness (QED) is 0.787. The second kappa shape index (κ2) is 6.54. The molecule has 1 rings (SSSR count). The fourth-order valence-corrected chi connectivity index (χ4v) is 1.40. The van der Waals surface area contributed by atoms with Gasteiger partial charge in [0.05, 0.1) is 6.07 Å². The van der Waals surface area contributed by atoms with Gasteiger partial charge in [-0.15, -0.1) is 0 Å². The summed E-state index contributed by atoms with van der Waals surface area (Å²) < 4.78 is 5.63. The van der Waals surface area contributed by atoms with Crippen LogP contribution < -0.4 is 10.1 Å². The lowest BCUT2D eigenvalue weighted by Crippen LogP contribution is -2.38. The number of carbonyl (C=O) groups excluding carboxylic acids is 1. The van der Waals surface area contributed by atoms with Crippen LogP contribution in [-0.4, -0.2) is 18.6 Å². The number of hydrogen-bond acceptors (Lipinski definition) is 3. The summed E-state index contributed by atoms with van der Waals surface area (Å²) in [5.41, 5.74) is 0.985. The van der Waals surface area contributed by atoms with E-state index in [9.17, 15) is 4.79 Å². The van der Waals surface area contributed by atoms with Crippen molar-refractivity contribution in [3.63, 3.8) is 0 Å². The van der Waals surface area contributed by atoms with Gasteiger partial charge in [0.25, 0.3) is 5.91 Å². The molecule has 0 aliphatic carbocycles. The number of rotatable bonds is 5. The Labute approximate surface area is 101 Å². The van der Waals surface area contributed by atoms with E-state index in [2.05, 4.69) is 5.32 Å². The van der Waals surface area contributed by atoms with E-state index in [1.54, 1.807) is 0 Å². The van der Waals surface area contributed by atoms with Crippen molar-refractivity contribution in [2.75, 3.05) is 6.54 Å². The van der Waals surface area contributed by atoms with Crippen LogP contribution in [0.5, 0.6) is 5.75 Å². The van der Waals surface area contributed by atoms with Gasteiger partial charge in [-0.2, -0.15) is 5.26 Å². The summed E-state index contributed by atoms with van der Waals surface area (Å²) in [5, 5.41) is 10.9. The normalized spacial score (nSPS) is 11.4. The molecule has 0 saturated carbocycles. The van der Waals surface area contributed by atoms with Crippen LogP contribution in [0, 0.1) is 18.3 Å². The predicted octanol–water partition coefficient (Wildman–Crippen LogP) is 1.79. The van der Waals surface area contributed by atoms with Gasteiger partial charge in [-0.25, -0.2) is 0 Å². The second-order valence-electron chi connectivity index (χ2n) is 3.66. The molecule has 0 aliphatic heterocycles. The van der Waals surface area contributed by atoms with E-state index in [0.717, 1.165) is 5.56 Å². The zero-order valence-electron chi connectivity index (χ0n) is 10.1. The average Bonchev–Trinajstić information content (AvgIpc) is 2.35. The third kappa shape index (κ3) is 3.80. The van der Waals surface area contributed by atoms with E-state index in [1.165, 1.54) is 0 Å². The molecule has 1 atom stereocenters. The Bertz CT molecular complexity index is 424. The van der Waals surface area contributed by atoms with Crippen molar-refractivity contribution in [3.8, 4) is 11.8 Å². The molecule has 1 N–H and O–H groups in total. The second-order valence-corrected chi connectivity index (χ2v) is 3.66. The fourth-order valence-electron chi connectivity index (χ4n) is 1.40. The number of nitriles is 1. The van der Waals surface area contributed by atoms with Crippen LogP contribution in [0.2, 0.25) is 0 Å². The van der Waals surface area contributed by atoms with Gasteiger partial charge in [0, 0.05) is 0 Å². The molecule has 0 unspecified atom stereocenters. The maximum Gasteiger partial charge on any atom is 0.261 e. The number of aryl methyl sites for hydroxylation is 1. The molecule has 0 radical (unpaired) electrons. The standard InChI is InChI=1S/C13H16N2O2/c1-3-11(13(16)15-9-8-14)17-12-7-5-4-6-10(12)2/h4-7,11H,3,9H2,1-2H3,(H,15,16)/t11-/m1/s1. The van der Waals surface area contributed by atoms with E-state index in [0.29, 0.717) is 12.2 Å². The predicted molar refractivity (Wildman–Crippen MR) is 64.5 cm³/mol. The molecule has 0 fully saturated rings. The summed E-state index contributed by atoms with van der Waals surface area (Å²) in [7, 11) is 0. The first-order chi connectivity index (χ1) is 8.19. The van der Waals surface area contributed by atoms with Gasteiger partial charge < -0.3 is 10.1 Å². The third-order valence-corrected chi connectivity index (χ3v) is 2.37. The lowest BCUT2D eigenvalue weighted by Gasteiger charge is -2.17. The topological polar surface area (TPSA) is 62.1 Å². The molecule has 4 heteroatoms. The van der Waals surface area contributed by atoms with Gasteiger partial charge >= 0.3 is 0 Å². The number of nitrogens with zero attached hydrogens (tertiary/aromatic N) is 1. The number of amides is 1. The van der Waals surface area contributed by atoms with Crippen LogP contribution in [0.15, 0.2) is 24.3 Å². The van der Waals surface area contributed by atoms with Gasteiger partial charge in [0.2, 0.25) is 0 Å². The summed E-state index contributed by atoms with van der Waals surface area (Å²) in [6.07, 6.45) is 0.00967. The summed E-state index contributed by atoms with van der Waals surface area (Å²) in [6, 6.07) is 9.40. The SMILES string of the molecule is CC[C@@H](Oc1ccccc1C)C(=O)NCC#N. The van der Waals surface area contributed by atoms with E-state index in [1.807, 2.05) is 44.2 Å². The molecular weight excluding hydrogens is 216 g/mol. The highest BCUT2D eigenvalue weighted by Crippen LogP contribution is 2.18. The minimum absolute atomic E-state index is 0.00641. The Morgan fingerprint density at radius 2 is 2.24 bits per heavy atom. The van der Waals surface area contributed by atoms with E-state index in [4.69, 9.17) is 10.00 Å². The minimum Gasteiger partial charge on any atom is -0.480 e. The monoisotopic (exact) mass is 232 g/mol. The summed E-state index contributed by atoms with van der Waals surface area (Å²) in [6.45, 7) is 3.80. The van der Waals surface area contributed by atoms with Crippen molar-refractivity contribution in [3.05, 3.63) is 29.8 Å². The fraction of sp³-hybridized carbons (Fsp3) is 0.385. The molecule has 0 aliphatic rings. The first-order valence-electron chi connectivity index (χ1n) is 5.56. The Morgan fingerprint density at radius 3 is 2.82 bits per heavy atom. The lowest BCUT2D eigenvalue weighted by molar-refractivity contribution is -0.127. The molecule has 0 saturated heterocycles. The highest BCUT2D eigenvalue weighted by molar-refractivity contribution is 5.81. The smallest absolute Gasteiger partial charge is 0.261 e. The highest BCUT2D eigenvalue weighted by atomic mass is 16.5. The maximum atomic E-state index is 11.7. The highest BCUT2D eigenvalue weighted by Gasteiger charge is 2.18. The molecular formula is C13H16N2O2. The molecule has 0 bridgehead atoms. The molecule has 0 heterocycles. The van der Waals surface area contributed by atoms with Gasteiger partial charge in [0.1, 0.15) is 12.3 Å². The maximum absolute atomic E-state index is 11.7. The van der Waals surface area contributed by atoms with Gasteiger partial charge in [-0.3, -0.25) is 4.79 Å². The first kappa shape index (κ1) is 13.0. The summed E-state index contributed by atoms with van der Waals surface area (Å²) in [4.78, 5) is 11.7. The number of hydrogen-bond donors (Lipinski definition) is 1. The average molecular weight is 232 g/mol. The van der Waals surface area contributed by atoms with Crippen LogP contribution in [0.25, 0.3) is 0 Å².